The topological polar surface area (TPSA) is 68.0 Å². The van der Waals surface area contributed by atoms with Gasteiger partial charge in [-0.3, -0.25) is 4.79 Å². The average Bonchev–Trinajstić information content (AvgIpc) is 2.43. The van der Waals surface area contributed by atoms with Crippen molar-refractivity contribution < 1.29 is 26.7 Å². The average molecular weight is 331 g/mol. The summed E-state index contributed by atoms with van der Waals surface area (Å²) < 4.78 is 64.6. The van der Waals surface area contributed by atoms with Gasteiger partial charge in [0, 0.05) is 0 Å². The molecule has 9 heteroatoms. The van der Waals surface area contributed by atoms with Crippen molar-refractivity contribution >= 4 is 11.7 Å². The number of carbonyl (C=O) groups excluding carboxylic acids is 1. The summed E-state index contributed by atoms with van der Waals surface area (Å²) >= 11 is 0. The fourth-order valence-corrected chi connectivity index (χ4v) is 1.81. The van der Waals surface area contributed by atoms with Crippen LogP contribution in [0, 0.1) is 11.6 Å². The Morgan fingerprint density at radius 3 is 2.30 bits per heavy atom. The highest BCUT2D eigenvalue weighted by Gasteiger charge is 2.33. The van der Waals surface area contributed by atoms with Crippen LogP contribution < -0.4 is 11.1 Å². The molecule has 4 nitrogen and oxygen atoms in total. The van der Waals surface area contributed by atoms with Crippen molar-refractivity contribution in [2.45, 2.75) is 12.7 Å². The maximum absolute atomic E-state index is 13.6. The van der Waals surface area contributed by atoms with E-state index in [-0.39, 0.29) is 24.5 Å². The predicted octanol–water partition coefficient (Wildman–Crippen LogP) is 2.89. The van der Waals surface area contributed by atoms with E-state index in [0.29, 0.717) is 5.69 Å². The first-order chi connectivity index (χ1) is 10.7. The number of carbonyl (C=O) groups is 1. The van der Waals surface area contributed by atoms with Gasteiger partial charge in [-0.2, -0.15) is 13.2 Å². The monoisotopic (exact) mass is 331 g/mol. The first-order valence-electron chi connectivity index (χ1n) is 6.24. The van der Waals surface area contributed by atoms with Crippen LogP contribution in [0.4, 0.5) is 27.8 Å². The van der Waals surface area contributed by atoms with E-state index >= 15 is 0 Å². The minimum absolute atomic E-state index is 0.0662. The van der Waals surface area contributed by atoms with Crippen molar-refractivity contribution in [2.24, 2.45) is 0 Å². The zero-order valence-electron chi connectivity index (χ0n) is 11.4. The van der Waals surface area contributed by atoms with Gasteiger partial charge < -0.3 is 11.1 Å². The maximum Gasteiger partial charge on any atom is 0.416 e. The molecule has 0 aliphatic heterocycles. The molecule has 1 aromatic heterocycles. The molecule has 1 aromatic carbocycles. The van der Waals surface area contributed by atoms with Gasteiger partial charge in [-0.15, -0.1) is 0 Å². The highest BCUT2D eigenvalue weighted by atomic mass is 19.4. The number of hydrogen-bond donors (Lipinski definition) is 2. The quantitative estimate of drug-likeness (QED) is 0.850. The number of nitrogens with one attached hydrogen (secondary N) is 1. The second kappa shape index (κ2) is 6.19. The van der Waals surface area contributed by atoms with Crippen molar-refractivity contribution in [1.82, 2.24) is 10.3 Å². The molecule has 1 heterocycles. The number of anilines is 1. The fourth-order valence-electron chi connectivity index (χ4n) is 1.81. The standard InChI is InChI=1S/C14H10F5N3O/c15-9-4-7(14(17,18)19)5-10(16)12(9)13(23)21-6-8-2-1-3-11(20)22-8/h1-5H,6H2,(H2,20,22)(H,21,23). The second-order valence-corrected chi connectivity index (χ2v) is 4.55. The van der Waals surface area contributed by atoms with Crippen LogP contribution in [-0.2, 0) is 12.7 Å². The van der Waals surface area contributed by atoms with Crippen LogP contribution in [0.15, 0.2) is 30.3 Å². The number of nitrogens with zero attached hydrogens (tertiary/aromatic N) is 1. The molecule has 0 aliphatic rings. The first kappa shape index (κ1) is 16.7. The van der Waals surface area contributed by atoms with Crippen LogP contribution >= 0.6 is 0 Å². The van der Waals surface area contributed by atoms with Crippen molar-refractivity contribution in [3.8, 4) is 0 Å². The van der Waals surface area contributed by atoms with Crippen molar-refractivity contribution in [3.05, 3.63) is 58.8 Å². The lowest BCUT2D eigenvalue weighted by atomic mass is 10.1. The summed E-state index contributed by atoms with van der Waals surface area (Å²) in [6.07, 6.45) is -4.91. The van der Waals surface area contributed by atoms with Crippen molar-refractivity contribution in [1.29, 1.82) is 0 Å². The van der Waals surface area contributed by atoms with Crippen LogP contribution in [0.25, 0.3) is 0 Å². The number of nitrogens with two attached hydrogens (primary N) is 1. The van der Waals surface area contributed by atoms with E-state index in [1.165, 1.54) is 12.1 Å². The van der Waals surface area contributed by atoms with Crippen LogP contribution in [0.2, 0.25) is 0 Å². The lowest BCUT2D eigenvalue weighted by Gasteiger charge is -2.11. The normalized spacial score (nSPS) is 11.3. The Balaban J connectivity index is 2.19. The van der Waals surface area contributed by atoms with E-state index in [2.05, 4.69) is 10.3 Å². The highest BCUT2D eigenvalue weighted by molar-refractivity contribution is 5.94. The Morgan fingerprint density at radius 1 is 1.17 bits per heavy atom. The van der Waals surface area contributed by atoms with Gasteiger partial charge in [0.25, 0.3) is 5.91 Å². The molecule has 0 saturated carbocycles. The van der Waals surface area contributed by atoms with Crippen LogP contribution in [0.5, 0.6) is 0 Å². The lowest BCUT2D eigenvalue weighted by molar-refractivity contribution is -0.138. The van der Waals surface area contributed by atoms with Crippen LogP contribution in [-0.4, -0.2) is 10.9 Å². The Kier molecular flexibility index (Phi) is 4.48. The summed E-state index contributed by atoms with van der Waals surface area (Å²) in [5.41, 5.74) is 3.15. The third-order valence-electron chi connectivity index (χ3n) is 2.85. The van der Waals surface area contributed by atoms with E-state index in [9.17, 15) is 26.7 Å². The molecule has 23 heavy (non-hydrogen) atoms. The summed E-state index contributed by atoms with van der Waals surface area (Å²) in [5.74, 6) is -4.22. The van der Waals surface area contributed by atoms with Crippen LogP contribution in [0.1, 0.15) is 21.6 Å². The fraction of sp³-hybridized carbons (Fsp3) is 0.143. The molecule has 122 valence electrons. The number of alkyl halides is 3. The van der Waals surface area contributed by atoms with Gasteiger partial charge in [0.05, 0.1) is 17.8 Å². The number of pyridine rings is 1. The van der Waals surface area contributed by atoms with Crippen molar-refractivity contribution in [2.75, 3.05) is 5.73 Å². The van der Waals surface area contributed by atoms with E-state index in [0.717, 1.165) is 0 Å². The number of aromatic nitrogens is 1. The number of nitrogen functional groups attached to an aromatic ring is 1. The van der Waals surface area contributed by atoms with Gasteiger partial charge in [0.1, 0.15) is 23.0 Å². The van der Waals surface area contributed by atoms with Gasteiger partial charge in [0.15, 0.2) is 0 Å². The number of benzene rings is 1. The molecule has 0 aliphatic carbocycles. The summed E-state index contributed by atoms with van der Waals surface area (Å²) in [6, 6.07) is 4.70. The molecule has 0 fully saturated rings. The Bertz CT molecular complexity index is 722. The molecule has 0 atom stereocenters. The summed E-state index contributed by atoms with van der Waals surface area (Å²) in [6.45, 7) is -0.191. The zero-order chi connectivity index (χ0) is 17.2. The lowest BCUT2D eigenvalue weighted by Crippen LogP contribution is -2.26. The highest BCUT2D eigenvalue weighted by Crippen LogP contribution is 2.31. The molecule has 0 unspecified atom stereocenters. The first-order valence-corrected chi connectivity index (χ1v) is 6.24. The van der Waals surface area contributed by atoms with E-state index < -0.39 is 34.8 Å². The molecule has 0 radical (unpaired) electrons. The zero-order valence-corrected chi connectivity index (χ0v) is 11.4. The number of halogens is 5. The summed E-state index contributed by atoms with van der Waals surface area (Å²) in [7, 11) is 0. The van der Waals surface area contributed by atoms with Gasteiger partial charge in [-0.1, -0.05) is 6.07 Å². The maximum atomic E-state index is 13.6. The van der Waals surface area contributed by atoms with Gasteiger partial charge in [0.2, 0.25) is 0 Å². The predicted molar refractivity (Wildman–Crippen MR) is 71.2 cm³/mol. The van der Waals surface area contributed by atoms with E-state index in [4.69, 9.17) is 5.73 Å². The molecule has 1 amide bonds. The minimum Gasteiger partial charge on any atom is -0.384 e. The third kappa shape index (κ3) is 3.93. The van der Waals surface area contributed by atoms with E-state index in [1.54, 1.807) is 6.07 Å². The molecular formula is C14H10F5N3O. The molecule has 2 rings (SSSR count). The minimum atomic E-state index is -4.91. The Hall–Kier alpha value is -2.71. The smallest absolute Gasteiger partial charge is 0.384 e. The summed E-state index contributed by atoms with van der Waals surface area (Å²) in [5, 5.41) is 2.16. The molecule has 0 saturated heterocycles. The molecular weight excluding hydrogens is 321 g/mol. The Labute approximate surface area is 127 Å². The van der Waals surface area contributed by atoms with Gasteiger partial charge >= 0.3 is 6.18 Å². The third-order valence-corrected chi connectivity index (χ3v) is 2.85. The number of hydrogen-bond acceptors (Lipinski definition) is 3. The number of amides is 1. The van der Waals surface area contributed by atoms with Gasteiger partial charge in [-0.05, 0) is 24.3 Å². The molecule has 2 aromatic rings. The summed E-state index contributed by atoms with van der Waals surface area (Å²) in [4.78, 5) is 15.6. The van der Waals surface area contributed by atoms with Gasteiger partial charge in [-0.25, -0.2) is 13.8 Å². The van der Waals surface area contributed by atoms with Crippen LogP contribution in [0.3, 0.4) is 0 Å². The van der Waals surface area contributed by atoms with E-state index in [1.807, 2.05) is 0 Å². The SMILES string of the molecule is Nc1cccc(CNC(=O)c2c(F)cc(C(F)(F)F)cc2F)n1. The molecule has 0 spiro atoms. The van der Waals surface area contributed by atoms with Crippen molar-refractivity contribution in [3.63, 3.8) is 0 Å². The Morgan fingerprint density at radius 2 is 1.78 bits per heavy atom. The molecule has 3 N–H and O–H groups in total. The second-order valence-electron chi connectivity index (χ2n) is 4.55. The largest absolute Gasteiger partial charge is 0.416 e. The molecule has 0 bridgehead atoms. The number of rotatable bonds is 3.